The standard InChI is InChI=1S/C27H21BrClIN2O5/c1-3-36-23-12-17(11-22(30)24(23)37-14-16-5-7-18(28)8-6-16)10-20-25(33)31-27(35)32(26(20)34)19-9-4-15(2)21(29)13-19/h4-13H,3,14H2,1-2H3,(H,31,33,35)/b20-10-. The monoisotopic (exact) mass is 694 g/mol. The number of carbonyl (C=O) groups excluding carboxylic acids is 3. The van der Waals surface area contributed by atoms with Crippen LogP contribution in [-0.4, -0.2) is 24.5 Å². The van der Waals surface area contributed by atoms with Gasteiger partial charge in [0.25, 0.3) is 11.8 Å². The van der Waals surface area contributed by atoms with Gasteiger partial charge >= 0.3 is 6.03 Å². The van der Waals surface area contributed by atoms with Crippen molar-refractivity contribution in [1.29, 1.82) is 0 Å². The number of hydrogen-bond donors (Lipinski definition) is 1. The fourth-order valence-corrected chi connectivity index (χ4v) is 4.81. The summed E-state index contributed by atoms with van der Waals surface area (Å²) >= 11 is 11.7. The van der Waals surface area contributed by atoms with Crippen molar-refractivity contribution in [2.75, 3.05) is 11.5 Å². The van der Waals surface area contributed by atoms with Gasteiger partial charge in [0.15, 0.2) is 11.5 Å². The van der Waals surface area contributed by atoms with Crippen molar-refractivity contribution in [3.05, 3.63) is 89.9 Å². The predicted molar refractivity (Wildman–Crippen MR) is 154 cm³/mol. The van der Waals surface area contributed by atoms with Gasteiger partial charge < -0.3 is 9.47 Å². The van der Waals surface area contributed by atoms with Gasteiger partial charge in [-0.1, -0.05) is 45.7 Å². The molecular weight excluding hydrogens is 675 g/mol. The Morgan fingerprint density at radius 3 is 2.46 bits per heavy atom. The van der Waals surface area contributed by atoms with Crippen LogP contribution in [0.1, 0.15) is 23.6 Å². The summed E-state index contributed by atoms with van der Waals surface area (Å²) in [7, 11) is 0. The van der Waals surface area contributed by atoms with E-state index in [4.69, 9.17) is 21.1 Å². The predicted octanol–water partition coefficient (Wildman–Crippen LogP) is 6.66. The maximum atomic E-state index is 13.3. The Hall–Kier alpha value is -2.89. The number of rotatable bonds is 7. The Kier molecular flexibility index (Phi) is 8.56. The largest absolute Gasteiger partial charge is 0.490 e. The molecule has 0 aliphatic carbocycles. The molecular formula is C27H21BrClIN2O5. The van der Waals surface area contributed by atoms with Gasteiger partial charge in [-0.2, -0.15) is 0 Å². The number of ether oxygens (including phenoxy) is 2. The van der Waals surface area contributed by atoms with Crippen molar-refractivity contribution in [2.24, 2.45) is 0 Å². The van der Waals surface area contributed by atoms with Gasteiger partial charge in [0.05, 0.1) is 15.9 Å². The molecule has 0 aromatic heterocycles. The minimum atomic E-state index is -0.839. The molecule has 1 N–H and O–H groups in total. The Morgan fingerprint density at radius 2 is 1.78 bits per heavy atom. The zero-order chi connectivity index (χ0) is 26.7. The van der Waals surface area contributed by atoms with E-state index in [2.05, 4.69) is 43.8 Å². The number of nitrogens with zero attached hydrogens (tertiary/aromatic N) is 1. The summed E-state index contributed by atoms with van der Waals surface area (Å²) in [5.74, 6) is -0.511. The van der Waals surface area contributed by atoms with Crippen LogP contribution in [0.2, 0.25) is 5.02 Å². The molecule has 0 radical (unpaired) electrons. The van der Waals surface area contributed by atoms with E-state index in [0.29, 0.717) is 35.3 Å². The fraction of sp³-hybridized carbons (Fsp3) is 0.148. The second kappa shape index (κ2) is 11.7. The van der Waals surface area contributed by atoms with E-state index in [1.165, 1.54) is 12.1 Å². The zero-order valence-electron chi connectivity index (χ0n) is 19.8. The molecule has 3 aromatic rings. The number of benzene rings is 3. The van der Waals surface area contributed by atoms with Crippen LogP contribution in [0, 0.1) is 10.5 Å². The minimum absolute atomic E-state index is 0.196. The van der Waals surface area contributed by atoms with Gasteiger partial charge in [-0.05, 0) is 95.6 Å². The highest BCUT2D eigenvalue weighted by Gasteiger charge is 2.37. The highest BCUT2D eigenvalue weighted by atomic mass is 127. The number of barbiturate groups is 1. The summed E-state index contributed by atoms with van der Waals surface area (Å²) in [5.41, 5.74) is 2.38. The molecule has 7 nitrogen and oxygen atoms in total. The van der Waals surface area contributed by atoms with Crippen LogP contribution in [0.4, 0.5) is 10.5 Å². The highest BCUT2D eigenvalue weighted by Crippen LogP contribution is 2.36. The molecule has 1 heterocycles. The van der Waals surface area contributed by atoms with E-state index in [1.54, 1.807) is 24.3 Å². The lowest BCUT2D eigenvalue weighted by atomic mass is 10.1. The lowest BCUT2D eigenvalue weighted by Crippen LogP contribution is -2.54. The average Bonchev–Trinajstić information content (AvgIpc) is 2.84. The number of anilines is 1. The third-order valence-electron chi connectivity index (χ3n) is 5.45. The van der Waals surface area contributed by atoms with Crippen LogP contribution < -0.4 is 19.7 Å². The number of urea groups is 1. The minimum Gasteiger partial charge on any atom is -0.490 e. The molecule has 0 unspecified atom stereocenters. The van der Waals surface area contributed by atoms with Gasteiger partial charge in [-0.15, -0.1) is 0 Å². The normalized spacial score (nSPS) is 14.7. The molecule has 10 heteroatoms. The second-order valence-corrected chi connectivity index (χ2v) is 10.6. The molecule has 0 atom stereocenters. The van der Waals surface area contributed by atoms with Crippen molar-refractivity contribution >= 4 is 79.7 Å². The topological polar surface area (TPSA) is 84.9 Å². The second-order valence-electron chi connectivity index (χ2n) is 8.07. The summed E-state index contributed by atoms with van der Waals surface area (Å²) in [4.78, 5) is 39.3. The molecule has 0 bridgehead atoms. The van der Waals surface area contributed by atoms with E-state index >= 15 is 0 Å². The number of nitrogens with one attached hydrogen (secondary N) is 1. The number of carbonyl (C=O) groups is 3. The van der Waals surface area contributed by atoms with E-state index in [9.17, 15) is 14.4 Å². The van der Waals surface area contributed by atoms with Crippen molar-refractivity contribution in [3.8, 4) is 11.5 Å². The van der Waals surface area contributed by atoms with E-state index in [0.717, 1.165) is 24.1 Å². The summed E-state index contributed by atoms with van der Waals surface area (Å²) in [5, 5.41) is 2.62. The maximum absolute atomic E-state index is 13.3. The van der Waals surface area contributed by atoms with E-state index in [1.807, 2.05) is 38.1 Å². The van der Waals surface area contributed by atoms with E-state index < -0.39 is 17.8 Å². The average molecular weight is 696 g/mol. The van der Waals surface area contributed by atoms with Crippen LogP contribution in [0.5, 0.6) is 11.5 Å². The van der Waals surface area contributed by atoms with Gasteiger partial charge in [-0.25, -0.2) is 9.69 Å². The Morgan fingerprint density at radius 1 is 1.05 bits per heavy atom. The van der Waals surface area contributed by atoms with Gasteiger partial charge in [0, 0.05) is 9.50 Å². The number of hydrogen-bond acceptors (Lipinski definition) is 5. The zero-order valence-corrected chi connectivity index (χ0v) is 24.3. The lowest BCUT2D eigenvalue weighted by molar-refractivity contribution is -0.122. The SMILES string of the molecule is CCOc1cc(/C=C2/C(=O)NC(=O)N(c3ccc(C)c(Cl)c3)C2=O)cc(I)c1OCc1ccc(Br)cc1. The molecule has 4 rings (SSSR count). The maximum Gasteiger partial charge on any atom is 0.335 e. The summed E-state index contributed by atoms with van der Waals surface area (Å²) < 4.78 is 13.6. The Balaban J connectivity index is 1.66. The summed E-state index contributed by atoms with van der Waals surface area (Å²) in [6, 6.07) is 15.2. The first-order valence-electron chi connectivity index (χ1n) is 11.2. The summed E-state index contributed by atoms with van der Waals surface area (Å²) in [6.07, 6.45) is 1.43. The summed E-state index contributed by atoms with van der Waals surface area (Å²) in [6.45, 7) is 4.38. The number of imide groups is 2. The molecule has 0 spiro atoms. The van der Waals surface area contributed by atoms with E-state index in [-0.39, 0.29) is 11.3 Å². The molecule has 0 saturated carbocycles. The van der Waals surface area contributed by atoms with Crippen LogP contribution >= 0.6 is 50.1 Å². The van der Waals surface area contributed by atoms with Gasteiger partial charge in [0.2, 0.25) is 0 Å². The molecule has 4 amide bonds. The van der Waals surface area contributed by atoms with Gasteiger partial charge in [0.1, 0.15) is 12.2 Å². The first kappa shape index (κ1) is 27.2. The van der Waals surface area contributed by atoms with Crippen molar-refractivity contribution in [3.63, 3.8) is 0 Å². The van der Waals surface area contributed by atoms with Crippen LogP contribution in [0.25, 0.3) is 6.08 Å². The smallest absolute Gasteiger partial charge is 0.335 e. The molecule has 1 fully saturated rings. The quantitative estimate of drug-likeness (QED) is 0.170. The fourth-order valence-electron chi connectivity index (χ4n) is 3.59. The molecule has 37 heavy (non-hydrogen) atoms. The lowest BCUT2D eigenvalue weighted by Gasteiger charge is -2.26. The molecule has 190 valence electrons. The molecule has 1 aliphatic rings. The van der Waals surface area contributed by atoms with Crippen LogP contribution in [0.15, 0.2) is 64.6 Å². The number of halogens is 3. The Labute approximate surface area is 241 Å². The first-order valence-corrected chi connectivity index (χ1v) is 13.4. The van der Waals surface area contributed by atoms with Crippen LogP contribution in [-0.2, 0) is 16.2 Å². The first-order chi connectivity index (χ1) is 17.7. The molecule has 1 saturated heterocycles. The highest BCUT2D eigenvalue weighted by molar-refractivity contribution is 14.1. The van der Waals surface area contributed by atoms with Crippen molar-refractivity contribution < 1.29 is 23.9 Å². The number of amides is 4. The third kappa shape index (κ3) is 6.16. The molecule has 1 aliphatic heterocycles. The third-order valence-corrected chi connectivity index (χ3v) is 7.19. The van der Waals surface area contributed by atoms with Gasteiger partial charge in [-0.3, -0.25) is 14.9 Å². The molecule has 3 aromatic carbocycles. The van der Waals surface area contributed by atoms with Crippen molar-refractivity contribution in [2.45, 2.75) is 20.5 Å². The van der Waals surface area contributed by atoms with Crippen molar-refractivity contribution in [1.82, 2.24) is 5.32 Å². The Bertz CT molecular complexity index is 1430. The van der Waals surface area contributed by atoms with Crippen LogP contribution in [0.3, 0.4) is 0 Å². The number of aryl methyl sites for hydroxylation is 1.